The van der Waals surface area contributed by atoms with Crippen LogP contribution >= 0.6 is 0 Å². The van der Waals surface area contributed by atoms with Gasteiger partial charge < -0.3 is 33.9 Å². The molecule has 0 saturated heterocycles. The zero-order chi connectivity index (χ0) is 37.1. The van der Waals surface area contributed by atoms with E-state index in [4.69, 9.17) is 23.7 Å². The molecule has 2 aromatic carbocycles. The van der Waals surface area contributed by atoms with Crippen LogP contribution < -0.4 is 9.47 Å². The van der Waals surface area contributed by atoms with E-state index in [0.717, 1.165) is 35.5 Å². The predicted molar refractivity (Wildman–Crippen MR) is 202 cm³/mol. The van der Waals surface area contributed by atoms with Crippen molar-refractivity contribution in [2.24, 2.45) is 22.2 Å². The van der Waals surface area contributed by atoms with Gasteiger partial charge in [0.1, 0.15) is 11.5 Å². The predicted octanol–water partition coefficient (Wildman–Crippen LogP) is 9.75. The van der Waals surface area contributed by atoms with Gasteiger partial charge >= 0.3 is 0 Å². The molecule has 2 unspecified atom stereocenters. The van der Waals surface area contributed by atoms with Crippen molar-refractivity contribution >= 4 is 0 Å². The first-order chi connectivity index (χ1) is 22.9. The van der Waals surface area contributed by atoms with Crippen molar-refractivity contribution in [3.8, 4) is 11.5 Å². The fraction of sp³-hybridized carbons (Fsp3) is 0.707. The van der Waals surface area contributed by atoms with E-state index in [1.54, 1.807) is 0 Å². The second-order valence-electron chi connectivity index (χ2n) is 13.5. The molecule has 2 atom stereocenters. The number of benzene rings is 2. The average Bonchev–Trinajstić information content (AvgIpc) is 3.11. The lowest BCUT2D eigenvalue weighted by Crippen LogP contribution is -2.34. The molecule has 7 heteroatoms. The van der Waals surface area contributed by atoms with Crippen LogP contribution in [0.3, 0.4) is 0 Å². The standard InChI is InChI=1S/C35H56O7.3C2H6/c1-8-28(21-41-31-14-10-29(18-36)11-15-31)20-38-22-33(3,4)23-39-24-34(5,6)25-40-26-35(7,9-2)27-42-32-16-12-30(19-37)13-17-32;3*1-2/h10-17,28,36-37H,8-9,18-27H2,1-7H3;3*1-2H3. The van der Waals surface area contributed by atoms with Gasteiger partial charge in [-0.2, -0.15) is 0 Å². The number of aliphatic hydroxyl groups excluding tert-OH is 2. The van der Waals surface area contributed by atoms with Crippen LogP contribution in [0.2, 0.25) is 0 Å². The van der Waals surface area contributed by atoms with Gasteiger partial charge in [-0.25, -0.2) is 0 Å². The lowest BCUT2D eigenvalue weighted by Gasteiger charge is -2.32. The summed E-state index contributed by atoms with van der Waals surface area (Å²) in [5, 5.41) is 18.4. The topological polar surface area (TPSA) is 86.6 Å². The minimum atomic E-state index is -0.118. The van der Waals surface area contributed by atoms with Crippen LogP contribution in [0, 0.1) is 22.2 Å². The first kappa shape index (κ1) is 48.0. The van der Waals surface area contributed by atoms with Gasteiger partial charge in [-0.15, -0.1) is 0 Å². The second kappa shape index (κ2) is 27.6. The Labute approximate surface area is 295 Å². The van der Waals surface area contributed by atoms with Crippen molar-refractivity contribution < 1.29 is 33.9 Å². The zero-order valence-corrected chi connectivity index (χ0v) is 33.1. The number of hydrogen-bond acceptors (Lipinski definition) is 7. The Morgan fingerprint density at radius 1 is 0.521 bits per heavy atom. The highest BCUT2D eigenvalue weighted by Crippen LogP contribution is 2.26. The summed E-state index contributed by atoms with van der Waals surface area (Å²) in [7, 11) is 0. The second-order valence-corrected chi connectivity index (χ2v) is 13.5. The summed E-state index contributed by atoms with van der Waals surface area (Å²) >= 11 is 0. The molecule has 0 bridgehead atoms. The molecule has 0 amide bonds. The molecule has 0 aliphatic heterocycles. The number of rotatable bonds is 22. The van der Waals surface area contributed by atoms with Crippen LogP contribution in [0.15, 0.2) is 48.5 Å². The Morgan fingerprint density at radius 3 is 1.31 bits per heavy atom. The van der Waals surface area contributed by atoms with E-state index >= 15 is 0 Å². The molecule has 0 heterocycles. The number of aliphatic hydroxyl groups is 2. The first-order valence-electron chi connectivity index (χ1n) is 18.3. The highest BCUT2D eigenvalue weighted by molar-refractivity contribution is 5.27. The third kappa shape index (κ3) is 21.7. The first-order valence-corrected chi connectivity index (χ1v) is 18.3. The molecule has 0 aliphatic carbocycles. The maximum Gasteiger partial charge on any atom is 0.119 e. The molecule has 0 aliphatic rings. The molecule has 0 spiro atoms. The van der Waals surface area contributed by atoms with E-state index < -0.39 is 0 Å². The molecule has 280 valence electrons. The van der Waals surface area contributed by atoms with Crippen LogP contribution in [-0.4, -0.2) is 63.1 Å². The largest absolute Gasteiger partial charge is 0.493 e. The van der Waals surface area contributed by atoms with E-state index in [-0.39, 0.29) is 29.5 Å². The molecule has 2 rings (SSSR count). The summed E-state index contributed by atoms with van der Waals surface area (Å²) in [5.74, 6) is 1.92. The molecule has 2 aromatic rings. The quantitative estimate of drug-likeness (QED) is 0.128. The van der Waals surface area contributed by atoms with Gasteiger partial charge in [-0.1, -0.05) is 114 Å². The highest BCUT2D eigenvalue weighted by atomic mass is 16.5. The van der Waals surface area contributed by atoms with E-state index in [9.17, 15) is 10.2 Å². The monoisotopic (exact) mass is 679 g/mol. The van der Waals surface area contributed by atoms with Gasteiger partial charge in [0.15, 0.2) is 0 Å². The van der Waals surface area contributed by atoms with Gasteiger partial charge in [-0.3, -0.25) is 0 Å². The third-order valence-electron chi connectivity index (χ3n) is 7.49. The molecular weight excluding hydrogens is 604 g/mol. The van der Waals surface area contributed by atoms with Gasteiger partial charge in [0.2, 0.25) is 0 Å². The minimum absolute atomic E-state index is 0.0328. The smallest absolute Gasteiger partial charge is 0.119 e. The highest BCUT2D eigenvalue weighted by Gasteiger charge is 2.27. The lowest BCUT2D eigenvalue weighted by molar-refractivity contribution is -0.0628. The van der Waals surface area contributed by atoms with Crippen molar-refractivity contribution in [3.05, 3.63) is 59.7 Å². The van der Waals surface area contributed by atoms with E-state index in [0.29, 0.717) is 58.8 Å². The zero-order valence-electron chi connectivity index (χ0n) is 33.1. The molecule has 0 fully saturated rings. The van der Waals surface area contributed by atoms with Crippen LogP contribution in [-0.2, 0) is 27.4 Å². The average molecular weight is 679 g/mol. The Bertz CT molecular complexity index is 989. The SMILES string of the molecule is CC.CC.CC.CCC(COCC(C)(C)COCC(C)(C)COCC(C)(CC)COc1ccc(CO)cc1)COc1ccc(CO)cc1. The summed E-state index contributed by atoms with van der Waals surface area (Å²) in [6.45, 7) is 32.1. The molecule has 0 radical (unpaired) electrons. The van der Waals surface area contributed by atoms with Crippen LogP contribution in [0.1, 0.15) is 114 Å². The maximum absolute atomic E-state index is 9.22. The molecular formula is C41H74O7. The van der Waals surface area contributed by atoms with Crippen LogP contribution in [0.5, 0.6) is 11.5 Å². The van der Waals surface area contributed by atoms with Gasteiger partial charge in [0, 0.05) is 22.2 Å². The molecule has 0 aromatic heterocycles. The maximum atomic E-state index is 9.22. The lowest BCUT2D eigenvalue weighted by atomic mass is 9.89. The Kier molecular flexibility index (Phi) is 27.6. The third-order valence-corrected chi connectivity index (χ3v) is 7.49. The molecule has 7 nitrogen and oxygen atoms in total. The van der Waals surface area contributed by atoms with E-state index in [1.807, 2.05) is 90.1 Å². The molecule has 2 N–H and O–H groups in total. The molecule has 48 heavy (non-hydrogen) atoms. The van der Waals surface area contributed by atoms with Gasteiger partial charge in [-0.05, 0) is 48.2 Å². The van der Waals surface area contributed by atoms with Crippen LogP contribution in [0.25, 0.3) is 0 Å². The fourth-order valence-electron chi connectivity index (χ4n) is 4.15. The van der Waals surface area contributed by atoms with Crippen molar-refractivity contribution in [3.63, 3.8) is 0 Å². The van der Waals surface area contributed by atoms with Gasteiger partial charge in [0.25, 0.3) is 0 Å². The summed E-state index contributed by atoms with van der Waals surface area (Å²) in [6, 6.07) is 15.1. The van der Waals surface area contributed by atoms with E-state index in [2.05, 4.69) is 48.5 Å². The normalized spacial score (nSPS) is 13.0. The summed E-state index contributed by atoms with van der Waals surface area (Å²) in [5.41, 5.74) is 1.42. The molecule has 0 saturated carbocycles. The summed E-state index contributed by atoms with van der Waals surface area (Å²) in [6.07, 6.45) is 1.91. The Morgan fingerprint density at radius 2 is 0.917 bits per heavy atom. The number of hydrogen-bond donors (Lipinski definition) is 2. The van der Waals surface area contributed by atoms with E-state index in [1.165, 1.54) is 0 Å². The Hall–Kier alpha value is -2.16. The summed E-state index contributed by atoms with van der Waals surface area (Å²) < 4.78 is 30.4. The van der Waals surface area contributed by atoms with Crippen molar-refractivity contribution in [1.82, 2.24) is 0 Å². The summed E-state index contributed by atoms with van der Waals surface area (Å²) in [4.78, 5) is 0. The van der Waals surface area contributed by atoms with Crippen molar-refractivity contribution in [1.29, 1.82) is 0 Å². The fourth-order valence-corrected chi connectivity index (χ4v) is 4.15. The van der Waals surface area contributed by atoms with Crippen molar-refractivity contribution in [2.75, 3.05) is 52.9 Å². The van der Waals surface area contributed by atoms with Gasteiger partial charge in [0.05, 0.1) is 66.1 Å². The number of ether oxygens (including phenoxy) is 5. The van der Waals surface area contributed by atoms with Crippen molar-refractivity contribution in [2.45, 2.75) is 116 Å². The van der Waals surface area contributed by atoms with Crippen LogP contribution in [0.4, 0.5) is 0 Å². The Balaban J connectivity index is 0. The minimum Gasteiger partial charge on any atom is -0.493 e.